The smallest absolute Gasteiger partial charge is 0.309 e. The standard InChI is InChI=1S/C20H30O2/c1-12(2)14-5-7-16-15(11-14)6-8-17-18(16)13(3)9-10-20(17,4)19(21)22/h11,13,16-18H,5-10H2,1-4H3,(H,21,22)/t13-,16?,17?,18?,20-/m1/s1. The summed E-state index contributed by atoms with van der Waals surface area (Å²) in [5, 5.41) is 9.81. The second kappa shape index (κ2) is 5.54. The van der Waals surface area contributed by atoms with Crippen LogP contribution >= 0.6 is 0 Å². The first-order chi connectivity index (χ1) is 10.3. The molecule has 1 N–H and O–H groups in total. The molecule has 122 valence electrons. The third-order valence-corrected chi connectivity index (χ3v) is 6.96. The summed E-state index contributed by atoms with van der Waals surface area (Å²) in [5.74, 6) is 1.68. The number of carboxylic acids is 1. The van der Waals surface area contributed by atoms with Crippen molar-refractivity contribution in [2.75, 3.05) is 0 Å². The van der Waals surface area contributed by atoms with Gasteiger partial charge in [0, 0.05) is 0 Å². The molecule has 0 bridgehead atoms. The van der Waals surface area contributed by atoms with E-state index in [1.807, 2.05) is 6.92 Å². The molecule has 0 aromatic rings. The van der Waals surface area contributed by atoms with Gasteiger partial charge in [0.05, 0.1) is 5.41 Å². The van der Waals surface area contributed by atoms with Crippen LogP contribution in [0.3, 0.4) is 0 Å². The molecular formula is C20H30O2. The van der Waals surface area contributed by atoms with E-state index in [4.69, 9.17) is 0 Å². The van der Waals surface area contributed by atoms with Crippen molar-refractivity contribution in [3.63, 3.8) is 0 Å². The second-order valence-electron chi connectivity index (χ2n) is 8.35. The van der Waals surface area contributed by atoms with Crippen molar-refractivity contribution in [3.05, 3.63) is 22.8 Å². The van der Waals surface area contributed by atoms with E-state index in [9.17, 15) is 9.90 Å². The summed E-state index contributed by atoms with van der Waals surface area (Å²) >= 11 is 0. The molecule has 3 aliphatic carbocycles. The van der Waals surface area contributed by atoms with Crippen LogP contribution < -0.4 is 0 Å². The monoisotopic (exact) mass is 302 g/mol. The molecule has 2 fully saturated rings. The van der Waals surface area contributed by atoms with Crippen LogP contribution in [0.2, 0.25) is 0 Å². The Labute approximate surface area is 134 Å². The number of allylic oxidation sites excluding steroid dienone is 4. The number of carbonyl (C=O) groups is 1. The average Bonchev–Trinajstić information content (AvgIpc) is 2.49. The highest BCUT2D eigenvalue weighted by Gasteiger charge is 2.54. The van der Waals surface area contributed by atoms with E-state index in [2.05, 4.69) is 26.8 Å². The summed E-state index contributed by atoms with van der Waals surface area (Å²) in [4.78, 5) is 11.9. The molecule has 0 aliphatic heterocycles. The van der Waals surface area contributed by atoms with Crippen LogP contribution in [0.4, 0.5) is 0 Å². The van der Waals surface area contributed by atoms with E-state index in [1.165, 1.54) is 24.0 Å². The third-order valence-electron chi connectivity index (χ3n) is 6.96. The number of rotatable bonds is 1. The lowest BCUT2D eigenvalue weighted by atomic mass is 9.50. The maximum Gasteiger partial charge on any atom is 0.309 e. The van der Waals surface area contributed by atoms with Gasteiger partial charge in [0.1, 0.15) is 0 Å². The lowest BCUT2D eigenvalue weighted by molar-refractivity contribution is -0.160. The summed E-state index contributed by atoms with van der Waals surface area (Å²) in [6.45, 7) is 8.79. The Morgan fingerprint density at radius 3 is 2.59 bits per heavy atom. The molecule has 0 aromatic heterocycles. The number of carboxylic acid groups (broad SMARTS) is 1. The highest BCUT2D eigenvalue weighted by atomic mass is 16.4. The topological polar surface area (TPSA) is 37.3 Å². The van der Waals surface area contributed by atoms with Crippen molar-refractivity contribution in [2.24, 2.45) is 29.1 Å². The minimum absolute atomic E-state index is 0.365. The van der Waals surface area contributed by atoms with Gasteiger partial charge in [0.15, 0.2) is 0 Å². The van der Waals surface area contributed by atoms with Crippen LogP contribution in [-0.2, 0) is 4.79 Å². The zero-order valence-corrected chi connectivity index (χ0v) is 14.5. The van der Waals surface area contributed by atoms with E-state index in [0.717, 1.165) is 25.7 Å². The molecule has 3 unspecified atom stereocenters. The number of hydrogen-bond acceptors (Lipinski definition) is 1. The largest absolute Gasteiger partial charge is 0.481 e. The lowest BCUT2D eigenvalue weighted by Crippen LogP contribution is -2.50. The van der Waals surface area contributed by atoms with Crippen molar-refractivity contribution in [3.8, 4) is 0 Å². The highest BCUT2D eigenvalue weighted by molar-refractivity contribution is 5.75. The quantitative estimate of drug-likeness (QED) is 0.722. The maximum atomic E-state index is 11.9. The summed E-state index contributed by atoms with van der Waals surface area (Å²) in [5.41, 5.74) is 4.08. The van der Waals surface area contributed by atoms with Crippen molar-refractivity contribution in [2.45, 2.75) is 66.2 Å². The zero-order valence-electron chi connectivity index (χ0n) is 14.5. The number of fused-ring (bicyclic) bond motifs is 3. The van der Waals surface area contributed by atoms with Crippen LogP contribution in [0, 0.1) is 29.1 Å². The molecular weight excluding hydrogens is 272 g/mol. The lowest BCUT2D eigenvalue weighted by Gasteiger charge is -2.54. The van der Waals surface area contributed by atoms with E-state index in [0.29, 0.717) is 23.7 Å². The molecule has 3 aliphatic rings. The fourth-order valence-corrected chi connectivity index (χ4v) is 5.49. The van der Waals surface area contributed by atoms with Crippen LogP contribution in [0.1, 0.15) is 66.2 Å². The molecule has 2 saturated carbocycles. The number of hydrogen-bond donors (Lipinski definition) is 1. The minimum atomic E-state index is -0.567. The van der Waals surface area contributed by atoms with Crippen molar-refractivity contribution < 1.29 is 9.90 Å². The predicted octanol–water partition coefficient (Wildman–Crippen LogP) is 5.21. The van der Waals surface area contributed by atoms with Crippen LogP contribution in [0.5, 0.6) is 0 Å². The second-order valence-corrected chi connectivity index (χ2v) is 8.35. The minimum Gasteiger partial charge on any atom is -0.481 e. The highest BCUT2D eigenvalue weighted by Crippen LogP contribution is 2.58. The van der Waals surface area contributed by atoms with Crippen molar-refractivity contribution >= 4 is 5.97 Å². The molecule has 2 heteroatoms. The Morgan fingerprint density at radius 1 is 1.23 bits per heavy atom. The molecule has 0 amide bonds. The van der Waals surface area contributed by atoms with Crippen molar-refractivity contribution in [1.82, 2.24) is 0 Å². The first kappa shape index (κ1) is 15.8. The molecule has 0 saturated heterocycles. The Kier molecular flexibility index (Phi) is 3.99. The normalized spacial score (nSPS) is 41.3. The average molecular weight is 302 g/mol. The maximum absolute atomic E-state index is 11.9. The first-order valence-electron chi connectivity index (χ1n) is 8.95. The van der Waals surface area contributed by atoms with E-state index < -0.39 is 11.4 Å². The van der Waals surface area contributed by atoms with Gasteiger partial charge in [-0.25, -0.2) is 0 Å². The van der Waals surface area contributed by atoms with Crippen LogP contribution in [-0.4, -0.2) is 11.1 Å². The molecule has 22 heavy (non-hydrogen) atoms. The van der Waals surface area contributed by atoms with Gasteiger partial charge in [-0.05, 0) is 88.5 Å². The summed E-state index contributed by atoms with van der Waals surface area (Å²) in [6.07, 6.45) is 8.97. The molecule has 0 aromatic carbocycles. The van der Waals surface area contributed by atoms with E-state index in [1.54, 1.807) is 5.57 Å². The van der Waals surface area contributed by atoms with Crippen LogP contribution in [0.25, 0.3) is 0 Å². The summed E-state index contributed by atoms with van der Waals surface area (Å²) < 4.78 is 0. The Balaban J connectivity index is 1.95. The van der Waals surface area contributed by atoms with Crippen molar-refractivity contribution in [1.29, 1.82) is 0 Å². The van der Waals surface area contributed by atoms with Gasteiger partial charge in [0.2, 0.25) is 0 Å². The first-order valence-corrected chi connectivity index (χ1v) is 8.95. The third kappa shape index (κ3) is 2.35. The van der Waals surface area contributed by atoms with E-state index >= 15 is 0 Å². The summed E-state index contributed by atoms with van der Waals surface area (Å²) in [7, 11) is 0. The Hall–Kier alpha value is -1.05. The Bertz CT molecular complexity index is 538. The van der Waals surface area contributed by atoms with Gasteiger partial charge in [-0.2, -0.15) is 0 Å². The number of aliphatic carboxylic acids is 1. The van der Waals surface area contributed by atoms with E-state index in [-0.39, 0.29) is 0 Å². The fraction of sp³-hybridized carbons (Fsp3) is 0.750. The van der Waals surface area contributed by atoms with Gasteiger partial charge in [-0.1, -0.05) is 24.1 Å². The fourth-order valence-electron chi connectivity index (χ4n) is 5.49. The van der Waals surface area contributed by atoms with Gasteiger partial charge < -0.3 is 5.11 Å². The van der Waals surface area contributed by atoms with Gasteiger partial charge >= 0.3 is 5.97 Å². The van der Waals surface area contributed by atoms with Gasteiger partial charge in [-0.15, -0.1) is 0 Å². The molecule has 2 nitrogen and oxygen atoms in total. The van der Waals surface area contributed by atoms with Gasteiger partial charge in [-0.3, -0.25) is 4.79 Å². The molecule has 5 atom stereocenters. The van der Waals surface area contributed by atoms with Crippen LogP contribution in [0.15, 0.2) is 22.8 Å². The zero-order chi connectivity index (χ0) is 16.1. The summed E-state index contributed by atoms with van der Waals surface area (Å²) in [6, 6.07) is 0. The predicted molar refractivity (Wildman–Crippen MR) is 89.5 cm³/mol. The molecule has 0 radical (unpaired) electrons. The SMILES string of the molecule is CC(C)=C1C=C2CCC3C(C2CC1)[C@H](C)CC[C@@]3(C)C(=O)O. The molecule has 3 rings (SSSR count). The molecule has 0 heterocycles. The Morgan fingerprint density at radius 2 is 1.95 bits per heavy atom. The van der Waals surface area contributed by atoms with Gasteiger partial charge in [0.25, 0.3) is 0 Å². The molecule has 0 spiro atoms.